The zero-order valence-corrected chi connectivity index (χ0v) is 57.4. The summed E-state index contributed by atoms with van der Waals surface area (Å²) in [5, 5.41) is 33.5. The molecule has 0 amide bonds. The molecule has 27 heteroatoms. The van der Waals surface area contributed by atoms with Crippen LogP contribution >= 0.6 is 49.9 Å². The van der Waals surface area contributed by atoms with Crippen molar-refractivity contribution in [3.05, 3.63) is 346 Å². The molecule has 498 valence electrons. The molecule has 1 aliphatic rings. The van der Waals surface area contributed by atoms with E-state index in [2.05, 4.69) is 0 Å². The van der Waals surface area contributed by atoms with Crippen molar-refractivity contribution in [2.45, 2.75) is 0 Å². The van der Waals surface area contributed by atoms with Gasteiger partial charge in [0.2, 0.25) is 0 Å². The van der Waals surface area contributed by atoms with Gasteiger partial charge in [-0.2, -0.15) is 0 Å². The van der Waals surface area contributed by atoms with Gasteiger partial charge in [0.15, 0.2) is 0 Å². The average Bonchev–Trinajstić information content (AvgIpc) is 0.706. The Morgan fingerprint density at radius 2 is 0.475 bits per heavy atom. The zero-order chi connectivity index (χ0) is 67.5. The van der Waals surface area contributed by atoms with Crippen LogP contribution in [-0.2, 0) is 0 Å². The minimum absolute atomic E-state index is 0.0371. The summed E-state index contributed by atoms with van der Waals surface area (Å²) >= 11 is 0. The van der Waals surface area contributed by atoms with Crippen molar-refractivity contribution in [3.63, 3.8) is 0 Å². The van der Waals surface area contributed by atoms with Gasteiger partial charge in [-0.1, -0.05) is 0 Å². The summed E-state index contributed by atoms with van der Waals surface area (Å²) in [4.78, 5) is 37.6. The number of aromatic hydroxyl groups is 3. The summed E-state index contributed by atoms with van der Waals surface area (Å²) in [5.74, 6) is 1.78. The van der Waals surface area contributed by atoms with Gasteiger partial charge in [0.1, 0.15) is 0 Å². The SMILES string of the molecule is Oc1ccc(OP2(Oc3ccc(O)cc3)(Oc3ccc(O)cc3)N=PN(Oc3ccccc3)P(Oc3ccccc3)N(Oc3ccccc3)P(Oc3ccccc3)N(Oc3ccccc3)P(Oc3ccccc3)N(Oc3ccccc3)P(Oc3ccccc3)N2Oc2ccccc2)cc1. The molecule has 4 atom stereocenters. The Balaban J connectivity index is 1.26. The van der Waals surface area contributed by atoms with Gasteiger partial charge in [-0.05, 0) is 0 Å². The normalized spacial score (nSPS) is 18.0. The molecule has 21 nitrogen and oxygen atoms in total. The number of nitrogens with zero attached hydrogens (tertiary/aromatic N) is 6. The Hall–Kier alpha value is -10.3. The Labute approximate surface area is 577 Å². The maximum absolute atomic E-state index is 11.2. The number of para-hydroxylation sites is 9. The van der Waals surface area contributed by atoms with Crippen LogP contribution in [0.25, 0.3) is 0 Å². The van der Waals surface area contributed by atoms with Crippen molar-refractivity contribution >= 4 is 49.9 Å². The third kappa shape index (κ3) is 17.3. The van der Waals surface area contributed by atoms with Crippen LogP contribution in [0.1, 0.15) is 0 Å². The van der Waals surface area contributed by atoms with E-state index >= 15 is 0 Å². The van der Waals surface area contributed by atoms with Crippen molar-refractivity contribution < 1.29 is 71.2 Å². The van der Waals surface area contributed by atoms with Crippen LogP contribution in [0.3, 0.4) is 0 Å². The number of phenolic OH excluding ortho intramolecular Hbond substituents is 3. The molecule has 0 aromatic heterocycles. The molecule has 0 radical (unpaired) electrons. The molecular formula is C72H60N6O15P6. The summed E-state index contributed by atoms with van der Waals surface area (Å²) in [6.45, 7) is 0. The first-order valence-electron chi connectivity index (χ1n) is 30.4. The standard InChI is InChI=1S/C72H60N6O15P6/c79-58-46-52-70(53-47-58)91-99(92-71-54-48-59(80)49-55-71,93-72-56-50-60(81)51-57-72)73-94-74(82-61-28-10-1-11-29-61)95(87-66-38-20-6-21-39-66)75(83-62-30-12-2-13-31-62)96(88-67-40-22-7-23-41-67)76(84-63-32-14-3-15-33-63)97(89-68-42-24-8-25-43-68)77(85-64-34-16-4-17-35-64)98(90-69-44-26-9-27-45-69)78(99)86-65-36-18-5-19-37-65/h1-57,79-81H. The van der Waals surface area contributed by atoms with E-state index in [1.807, 2.05) is 115 Å². The fourth-order valence-electron chi connectivity index (χ4n) is 8.86. The third-order valence-corrected chi connectivity index (χ3v) is 26.7. The van der Waals surface area contributed by atoms with E-state index in [0.717, 1.165) is 0 Å². The first-order valence-corrected chi connectivity index (χ1v) is 37.7. The van der Waals surface area contributed by atoms with Gasteiger partial charge < -0.3 is 0 Å². The molecule has 0 saturated heterocycles. The topological polar surface area (TPSA) is 200 Å². The van der Waals surface area contributed by atoms with Gasteiger partial charge in [-0.15, -0.1) is 0 Å². The predicted molar refractivity (Wildman–Crippen MR) is 383 cm³/mol. The quantitative estimate of drug-likeness (QED) is 0.0482. The van der Waals surface area contributed by atoms with Crippen molar-refractivity contribution in [3.8, 4) is 86.2 Å². The zero-order valence-electron chi connectivity index (χ0n) is 52.0. The van der Waals surface area contributed by atoms with E-state index in [1.54, 1.807) is 158 Å². The van der Waals surface area contributed by atoms with E-state index in [1.165, 1.54) is 95.8 Å². The minimum atomic E-state index is -6.72. The Morgan fingerprint density at radius 3 is 0.778 bits per heavy atom. The van der Waals surface area contributed by atoms with Gasteiger partial charge in [0.05, 0.1) is 0 Å². The van der Waals surface area contributed by atoms with E-state index in [9.17, 15) is 15.3 Å². The Morgan fingerprint density at radius 1 is 0.242 bits per heavy atom. The molecule has 0 spiro atoms. The molecule has 3 N–H and O–H groups in total. The number of hydrogen-bond donors (Lipinski definition) is 3. The van der Waals surface area contributed by atoms with Crippen LogP contribution in [-0.4, -0.2) is 38.3 Å². The molecule has 12 aromatic carbocycles. The van der Waals surface area contributed by atoms with Crippen LogP contribution < -0.4 is 55.9 Å². The predicted octanol–water partition coefficient (Wildman–Crippen LogP) is 21.2. The molecule has 99 heavy (non-hydrogen) atoms. The molecule has 0 saturated carbocycles. The summed E-state index contributed by atoms with van der Waals surface area (Å²) in [7, 11) is -19.2. The third-order valence-electron chi connectivity index (χ3n) is 13.4. The average molecular weight is 1440 g/mol. The number of phenols is 3. The molecular weight excluding hydrogens is 1370 g/mol. The fourth-order valence-corrected chi connectivity index (χ4v) is 23.4. The number of benzene rings is 12. The van der Waals surface area contributed by atoms with E-state index in [-0.39, 0.29) is 83.3 Å². The fraction of sp³-hybridized carbons (Fsp3) is 0. The first kappa shape index (κ1) is 67.3. The molecule has 0 fully saturated rings. The number of rotatable bonds is 24. The number of hydrogen-bond acceptors (Lipinski definition) is 21. The van der Waals surface area contributed by atoms with Gasteiger partial charge in [-0.3, -0.25) is 0 Å². The second kappa shape index (κ2) is 32.4. The van der Waals surface area contributed by atoms with Gasteiger partial charge in [0, 0.05) is 0 Å². The summed E-state index contributed by atoms with van der Waals surface area (Å²) in [6.07, 6.45) is 0. The second-order valence-electron chi connectivity index (χ2n) is 20.7. The van der Waals surface area contributed by atoms with Crippen LogP contribution in [0.15, 0.2) is 350 Å². The van der Waals surface area contributed by atoms with Crippen molar-refractivity contribution in [2.75, 3.05) is 0 Å². The van der Waals surface area contributed by atoms with Crippen LogP contribution in [0.4, 0.5) is 0 Å². The van der Waals surface area contributed by atoms with Gasteiger partial charge in [0.25, 0.3) is 0 Å². The van der Waals surface area contributed by atoms with E-state index in [4.69, 9.17) is 60.4 Å². The maximum atomic E-state index is 11.2. The molecule has 0 bridgehead atoms. The van der Waals surface area contributed by atoms with Gasteiger partial charge >= 0.3 is 581 Å². The van der Waals surface area contributed by atoms with Crippen molar-refractivity contribution in [1.29, 1.82) is 0 Å². The van der Waals surface area contributed by atoms with E-state index < -0.39 is 41.4 Å². The van der Waals surface area contributed by atoms with Crippen LogP contribution in [0, 0.1) is 0 Å². The summed E-state index contributed by atoms with van der Waals surface area (Å²) in [5.41, 5.74) is 0. The molecule has 13 rings (SSSR count). The molecule has 1 aliphatic heterocycles. The summed E-state index contributed by atoms with van der Waals surface area (Å²) < 4.78 is 66.9. The van der Waals surface area contributed by atoms with Crippen molar-refractivity contribution in [1.82, 2.24) is 23.0 Å². The summed E-state index contributed by atoms with van der Waals surface area (Å²) in [6, 6.07) is 97.9. The Kier molecular flexibility index (Phi) is 22.0. The molecule has 0 aliphatic carbocycles. The van der Waals surface area contributed by atoms with Gasteiger partial charge in [-0.25, -0.2) is 0 Å². The molecule has 12 aromatic rings. The monoisotopic (exact) mass is 1430 g/mol. The van der Waals surface area contributed by atoms with Crippen LogP contribution in [0.5, 0.6) is 86.2 Å². The Bertz CT molecular complexity index is 4340. The molecule has 4 unspecified atom stereocenters. The first-order chi connectivity index (χ1) is 48.7. The van der Waals surface area contributed by atoms with Crippen molar-refractivity contribution in [2.24, 2.45) is 4.52 Å². The van der Waals surface area contributed by atoms with E-state index in [0.29, 0.717) is 11.5 Å². The molecule has 1 heterocycles. The van der Waals surface area contributed by atoms with Crippen LogP contribution in [0.2, 0.25) is 0 Å². The second-order valence-corrected chi connectivity index (χ2v) is 31.7.